The molecule has 2 aromatic rings. The molecule has 1 aromatic heterocycles. The monoisotopic (exact) mass is 177 g/mol. The number of nitrogens with zero attached hydrogens (tertiary/aromatic N) is 1. The van der Waals surface area contributed by atoms with E-state index in [0.717, 1.165) is 17.5 Å². The fourth-order valence-corrected chi connectivity index (χ4v) is 1.12. The first-order valence-electron chi connectivity index (χ1n) is 4.72. The maximum atomic E-state index is 5.15. The van der Waals surface area contributed by atoms with Crippen LogP contribution < -0.4 is 0 Å². The Morgan fingerprint density at radius 1 is 1.31 bits per heavy atom. The van der Waals surface area contributed by atoms with Crippen molar-refractivity contribution in [2.24, 2.45) is 0 Å². The van der Waals surface area contributed by atoms with Crippen LogP contribution in [0.4, 0.5) is 0 Å². The number of hydrogen-bond acceptors (Lipinski definition) is 2. The SMILES string of the molecule is CC.CCc1ccc2ncoc2c1. The van der Waals surface area contributed by atoms with Crippen molar-refractivity contribution in [1.29, 1.82) is 0 Å². The smallest absolute Gasteiger partial charge is 0.181 e. The molecule has 0 atom stereocenters. The van der Waals surface area contributed by atoms with Gasteiger partial charge in [-0.1, -0.05) is 26.8 Å². The zero-order valence-electron chi connectivity index (χ0n) is 8.37. The molecular weight excluding hydrogens is 162 g/mol. The van der Waals surface area contributed by atoms with Crippen LogP contribution in [-0.4, -0.2) is 4.98 Å². The molecule has 0 spiro atoms. The molecule has 0 saturated heterocycles. The molecule has 1 aromatic carbocycles. The Balaban J connectivity index is 0.000000396. The first kappa shape index (κ1) is 9.78. The molecular formula is C11H15NO. The van der Waals surface area contributed by atoms with Gasteiger partial charge in [-0.25, -0.2) is 4.98 Å². The van der Waals surface area contributed by atoms with Gasteiger partial charge >= 0.3 is 0 Å². The van der Waals surface area contributed by atoms with Crippen LogP contribution in [0.5, 0.6) is 0 Å². The van der Waals surface area contributed by atoms with Crippen molar-refractivity contribution in [2.45, 2.75) is 27.2 Å². The molecule has 0 amide bonds. The third kappa shape index (κ3) is 2.08. The number of aromatic nitrogens is 1. The summed E-state index contributed by atoms with van der Waals surface area (Å²) in [5, 5.41) is 0. The molecule has 0 unspecified atom stereocenters. The van der Waals surface area contributed by atoms with Gasteiger partial charge in [-0.2, -0.15) is 0 Å². The zero-order valence-corrected chi connectivity index (χ0v) is 8.37. The molecule has 13 heavy (non-hydrogen) atoms. The van der Waals surface area contributed by atoms with Crippen molar-refractivity contribution < 1.29 is 4.42 Å². The number of fused-ring (bicyclic) bond motifs is 1. The maximum Gasteiger partial charge on any atom is 0.181 e. The Morgan fingerprint density at radius 3 is 2.77 bits per heavy atom. The third-order valence-electron chi connectivity index (χ3n) is 1.80. The fourth-order valence-electron chi connectivity index (χ4n) is 1.12. The molecule has 0 radical (unpaired) electrons. The Hall–Kier alpha value is -1.31. The van der Waals surface area contributed by atoms with Crippen molar-refractivity contribution in [1.82, 2.24) is 4.98 Å². The summed E-state index contributed by atoms with van der Waals surface area (Å²) in [6, 6.07) is 6.09. The molecule has 0 aliphatic heterocycles. The summed E-state index contributed by atoms with van der Waals surface area (Å²) in [7, 11) is 0. The first-order chi connectivity index (χ1) is 6.40. The highest BCUT2D eigenvalue weighted by Crippen LogP contribution is 2.13. The normalized spacial score (nSPS) is 9.46. The summed E-state index contributed by atoms with van der Waals surface area (Å²) in [5.74, 6) is 0. The van der Waals surface area contributed by atoms with Gasteiger partial charge in [0.05, 0.1) is 0 Å². The molecule has 0 bridgehead atoms. The summed E-state index contributed by atoms with van der Waals surface area (Å²) in [6.07, 6.45) is 2.51. The highest BCUT2D eigenvalue weighted by atomic mass is 16.3. The van der Waals surface area contributed by atoms with Gasteiger partial charge in [-0.15, -0.1) is 0 Å². The molecule has 0 fully saturated rings. The van der Waals surface area contributed by atoms with Gasteiger partial charge in [0.15, 0.2) is 12.0 Å². The van der Waals surface area contributed by atoms with Crippen LogP contribution in [-0.2, 0) is 6.42 Å². The van der Waals surface area contributed by atoms with E-state index >= 15 is 0 Å². The van der Waals surface area contributed by atoms with Crippen molar-refractivity contribution in [2.75, 3.05) is 0 Å². The summed E-state index contributed by atoms with van der Waals surface area (Å²) < 4.78 is 5.15. The van der Waals surface area contributed by atoms with Crippen LogP contribution in [0.3, 0.4) is 0 Å². The van der Waals surface area contributed by atoms with E-state index in [1.165, 1.54) is 12.0 Å². The second kappa shape index (κ2) is 4.65. The Kier molecular flexibility index (Phi) is 3.50. The lowest BCUT2D eigenvalue weighted by molar-refractivity contribution is 0.601. The molecule has 2 heteroatoms. The Morgan fingerprint density at radius 2 is 2.08 bits per heavy atom. The molecule has 2 nitrogen and oxygen atoms in total. The number of hydrogen-bond donors (Lipinski definition) is 0. The van der Waals surface area contributed by atoms with E-state index in [1.807, 2.05) is 26.0 Å². The Bertz CT molecular complexity index is 365. The minimum Gasteiger partial charge on any atom is -0.443 e. The van der Waals surface area contributed by atoms with Gasteiger partial charge in [-0.05, 0) is 24.1 Å². The number of aryl methyl sites for hydroxylation is 1. The van der Waals surface area contributed by atoms with Crippen LogP contribution in [0.15, 0.2) is 29.0 Å². The first-order valence-corrected chi connectivity index (χ1v) is 4.72. The fraction of sp³-hybridized carbons (Fsp3) is 0.364. The molecule has 0 aliphatic carbocycles. The number of oxazole rings is 1. The summed E-state index contributed by atoms with van der Waals surface area (Å²) in [5.41, 5.74) is 3.10. The van der Waals surface area contributed by atoms with Crippen LogP contribution in [0.1, 0.15) is 26.3 Å². The van der Waals surface area contributed by atoms with Gasteiger partial charge in [0, 0.05) is 0 Å². The summed E-state index contributed by atoms with van der Waals surface area (Å²) >= 11 is 0. The largest absolute Gasteiger partial charge is 0.443 e. The lowest BCUT2D eigenvalue weighted by atomic mass is 10.2. The van der Waals surface area contributed by atoms with Gasteiger partial charge in [0.2, 0.25) is 0 Å². The van der Waals surface area contributed by atoms with Crippen LogP contribution in [0.25, 0.3) is 11.1 Å². The van der Waals surface area contributed by atoms with Crippen molar-refractivity contribution in [3.05, 3.63) is 30.2 Å². The highest BCUT2D eigenvalue weighted by molar-refractivity contribution is 5.72. The predicted molar refractivity (Wildman–Crippen MR) is 54.7 cm³/mol. The average Bonchev–Trinajstić information content (AvgIpc) is 2.67. The maximum absolute atomic E-state index is 5.15. The van der Waals surface area contributed by atoms with Crippen LogP contribution in [0, 0.1) is 0 Å². The lowest BCUT2D eigenvalue weighted by Gasteiger charge is -1.92. The van der Waals surface area contributed by atoms with Crippen molar-refractivity contribution in [3.8, 4) is 0 Å². The number of benzene rings is 1. The van der Waals surface area contributed by atoms with E-state index in [1.54, 1.807) is 0 Å². The van der Waals surface area contributed by atoms with E-state index in [-0.39, 0.29) is 0 Å². The molecule has 2 rings (SSSR count). The van der Waals surface area contributed by atoms with E-state index < -0.39 is 0 Å². The minimum atomic E-state index is 0.879. The molecule has 70 valence electrons. The lowest BCUT2D eigenvalue weighted by Crippen LogP contribution is -1.77. The second-order valence-corrected chi connectivity index (χ2v) is 2.51. The minimum absolute atomic E-state index is 0.879. The Labute approximate surface area is 78.6 Å². The summed E-state index contributed by atoms with van der Waals surface area (Å²) in [4.78, 5) is 4.03. The van der Waals surface area contributed by atoms with E-state index in [9.17, 15) is 0 Å². The van der Waals surface area contributed by atoms with Gasteiger partial charge in [-0.3, -0.25) is 0 Å². The standard InChI is InChI=1S/C9H9NO.C2H6/c1-2-7-3-4-8-9(5-7)11-6-10-8;1-2/h3-6H,2H2,1H3;1-2H3. The van der Waals surface area contributed by atoms with Crippen molar-refractivity contribution >= 4 is 11.1 Å². The average molecular weight is 177 g/mol. The van der Waals surface area contributed by atoms with Crippen LogP contribution >= 0.6 is 0 Å². The molecule has 0 N–H and O–H groups in total. The van der Waals surface area contributed by atoms with Gasteiger partial charge in [0.1, 0.15) is 5.52 Å². The summed E-state index contributed by atoms with van der Waals surface area (Å²) in [6.45, 7) is 6.12. The second-order valence-electron chi connectivity index (χ2n) is 2.51. The topological polar surface area (TPSA) is 26.0 Å². The number of rotatable bonds is 1. The molecule has 1 heterocycles. The van der Waals surface area contributed by atoms with Gasteiger partial charge in [0.25, 0.3) is 0 Å². The zero-order chi connectivity index (χ0) is 9.68. The third-order valence-corrected chi connectivity index (χ3v) is 1.80. The van der Waals surface area contributed by atoms with Crippen LogP contribution in [0.2, 0.25) is 0 Å². The van der Waals surface area contributed by atoms with E-state index in [4.69, 9.17) is 4.42 Å². The predicted octanol–water partition coefficient (Wildman–Crippen LogP) is 3.42. The quantitative estimate of drug-likeness (QED) is 0.667. The molecule has 0 saturated carbocycles. The van der Waals surface area contributed by atoms with E-state index in [2.05, 4.69) is 18.0 Å². The van der Waals surface area contributed by atoms with Crippen molar-refractivity contribution in [3.63, 3.8) is 0 Å². The van der Waals surface area contributed by atoms with Gasteiger partial charge < -0.3 is 4.42 Å². The van der Waals surface area contributed by atoms with E-state index in [0.29, 0.717) is 0 Å². The highest BCUT2D eigenvalue weighted by Gasteiger charge is 1.97. The molecule has 0 aliphatic rings.